The Kier molecular flexibility index (Phi) is 24.2. The predicted octanol–water partition coefficient (Wildman–Crippen LogP) is -1.90. The summed E-state index contributed by atoms with van der Waals surface area (Å²) in [5.74, 6) is -2.67. The fourth-order valence-electron chi connectivity index (χ4n) is 3.55. The minimum atomic E-state index is -0.806. The molecular weight excluding hydrogens is 581 g/mol. The number of carbonyl (C=O) groups excluding carboxylic acids is 7. The summed E-state index contributed by atoms with van der Waals surface area (Å²) in [7, 11) is 6.15. The second-order valence-corrected chi connectivity index (χ2v) is 9.19. The summed E-state index contributed by atoms with van der Waals surface area (Å²) >= 11 is 0. The Labute approximate surface area is 255 Å². The van der Waals surface area contributed by atoms with Gasteiger partial charge in [-0.05, 0) is 45.1 Å². The molecule has 244 valence electrons. The van der Waals surface area contributed by atoms with E-state index in [2.05, 4.69) is 48.1 Å². The lowest BCUT2D eigenvalue weighted by Crippen LogP contribution is -2.49. The Bertz CT molecular complexity index is 940. The highest BCUT2D eigenvalue weighted by atomic mass is 31.0. The molecule has 0 spiro atoms. The van der Waals surface area contributed by atoms with Gasteiger partial charge in [-0.25, -0.2) is 0 Å². The van der Waals surface area contributed by atoms with Gasteiger partial charge in [0, 0.05) is 31.7 Å². The summed E-state index contributed by atoms with van der Waals surface area (Å²) in [6.45, 7) is 8.95. The number of likely N-dealkylation sites (N-methyl/N-ethyl adjacent to an activating group) is 1. The van der Waals surface area contributed by atoms with Crippen LogP contribution in [0.3, 0.4) is 0 Å². The molecular formula is C27H48N7O8P. The highest BCUT2D eigenvalue weighted by Gasteiger charge is 2.40. The van der Waals surface area contributed by atoms with Crippen molar-refractivity contribution in [1.82, 2.24) is 31.5 Å². The number of amides is 6. The molecule has 1 saturated carbocycles. The lowest BCUT2D eigenvalue weighted by molar-refractivity contribution is -0.141. The van der Waals surface area contributed by atoms with E-state index in [0.717, 1.165) is 36.4 Å². The third-order valence-corrected chi connectivity index (χ3v) is 6.28. The number of hydrogen-bond donors (Lipinski definition) is 6. The number of aldehydes is 1. The summed E-state index contributed by atoms with van der Waals surface area (Å²) in [4.78, 5) is 77.3. The van der Waals surface area contributed by atoms with Gasteiger partial charge in [-0.1, -0.05) is 20.4 Å². The molecule has 0 aromatic heterocycles. The topological polar surface area (TPSA) is 218 Å². The zero-order chi connectivity index (χ0) is 33.3. The number of nitrogens with one attached hydrogen (secondary N) is 5. The first-order valence-electron chi connectivity index (χ1n) is 13.8. The van der Waals surface area contributed by atoms with E-state index >= 15 is 0 Å². The van der Waals surface area contributed by atoms with Gasteiger partial charge in [0.15, 0.2) is 0 Å². The Morgan fingerprint density at radius 1 is 1.09 bits per heavy atom. The van der Waals surface area contributed by atoms with Crippen LogP contribution in [0.4, 0.5) is 0 Å². The standard InChI is InChI=1S/C14H19N4O6P.C10H20N2O.C2H6.CH3NO/c19-6-5-16-14(24)9(8-25)17-10(20)3-4-15-11(21)7-18-12(22)1-2-13(18)23;1-9(7-11-2)10(5-4-6-10)13-8-12-3;1-2;2-1-3/h1-2,6,9H,3-5,7-8,25H2,(H,15,21)(H,16,24)(H,17,20);11-12H,1,4-8H2,2-3H3;1-2H3;1H,(H2,2,3). The molecule has 1 heterocycles. The van der Waals surface area contributed by atoms with Crippen molar-refractivity contribution < 1.29 is 38.3 Å². The molecule has 43 heavy (non-hydrogen) atoms. The second-order valence-electron chi connectivity index (χ2n) is 8.72. The molecule has 1 fully saturated rings. The Morgan fingerprint density at radius 3 is 2.12 bits per heavy atom. The van der Waals surface area contributed by atoms with E-state index < -0.39 is 42.1 Å². The fourth-order valence-corrected chi connectivity index (χ4v) is 3.88. The van der Waals surface area contributed by atoms with Gasteiger partial charge in [0.25, 0.3) is 11.8 Å². The molecule has 0 saturated heterocycles. The lowest BCUT2D eigenvalue weighted by Gasteiger charge is -2.43. The number of hydrogen-bond acceptors (Lipinski definition) is 10. The van der Waals surface area contributed by atoms with Crippen LogP contribution in [0.2, 0.25) is 0 Å². The largest absolute Gasteiger partial charge is 0.372 e. The normalized spacial score (nSPS) is 14.6. The zero-order valence-corrected chi connectivity index (χ0v) is 26.7. The smallest absolute Gasteiger partial charge is 0.254 e. The van der Waals surface area contributed by atoms with Crippen molar-refractivity contribution in [3.63, 3.8) is 0 Å². The number of carbonyl (C=O) groups is 7. The monoisotopic (exact) mass is 629 g/mol. The number of nitrogens with zero attached hydrogens (tertiary/aromatic N) is 1. The number of nitrogens with two attached hydrogens (primary N) is 1. The minimum absolute atomic E-state index is 0.0200. The van der Waals surface area contributed by atoms with Crippen LogP contribution in [0.5, 0.6) is 0 Å². The van der Waals surface area contributed by atoms with Gasteiger partial charge < -0.3 is 36.5 Å². The van der Waals surface area contributed by atoms with Gasteiger partial charge in [0.2, 0.25) is 24.1 Å². The molecule has 1 aliphatic heterocycles. The molecule has 2 aliphatic rings. The van der Waals surface area contributed by atoms with E-state index in [1.807, 2.05) is 27.9 Å². The van der Waals surface area contributed by atoms with E-state index in [0.29, 0.717) is 13.0 Å². The Hall–Kier alpha value is -3.52. The summed E-state index contributed by atoms with van der Waals surface area (Å²) in [5, 5.41) is 13.3. The maximum Gasteiger partial charge on any atom is 0.254 e. The second kappa shape index (κ2) is 25.0. The number of rotatable bonds is 16. The molecule has 1 aliphatic carbocycles. The molecule has 0 aromatic rings. The number of primary amides is 1. The molecule has 7 N–H and O–H groups in total. The van der Waals surface area contributed by atoms with Gasteiger partial charge in [-0.3, -0.25) is 39.0 Å². The average molecular weight is 630 g/mol. The van der Waals surface area contributed by atoms with Crippen LogP contribution in [-0.4, -0.2) is 112 Å². The van der Waals surface area contributed by atoms with Crippen molar-refractivity contribution in [2.75, 3.05) is 53.2 Å². The van der Waals surface area contributed by atoms with Crippen LogP contribution < -0.4 is 32.3 Å². The van der Waals surface area contributed by atoms with Gasteiger partial charge >= 0.3 is 0 Å². The van der Waals surface area contributed by atoms with Crippen LogP contribution >= 0.6 is 9.24 Å². The van der Waals surface area contributed by atoms with Crippen molar-refractivity contribution in [2.45, 2.75) is 51.2 Å². The van der Waals surface area contributed by atoms with Crippen LogP contribution in [0.25, 0.3) is 0 Å². The predicted molar refractivity (Wildman–Crippen MR) is 165 cm³/mol. The molecule has 0 radical (unpaired) electrons. The van der Waals surface area contributed by atoms with E-state index in [9.17, 15) is 28.8 Å². The molecule has 0 bridgehead atoms. The molecule has 6 amide bonds. The van der Waals surface area contributed by atoms with Crippen LogP contribution in [0, 0.1) is 0 Å². The SMILES string of the molecule is C=C(CNC)C1(OCNC)CCC1.CC.NC=O.O=CCNC(=O)C(CP)NC(=O)CCNC(=O)CN1C(=O)C=CC1=O. The van der Waals surface area contributed by atoms with E-state index in [1.165, 1.54) is 12.0 Å². The van der Waals surface area contributed by atoms with Crippen LogP contribution in [-0.2, 0) is 38.3 Å². The first kappa shape index (κ1) is 41.6. The molecule has 16 heteroatoms. The molecule has 15 nitrogen and oxygen atoms in total. The Balaban J connectivity index is 0. The molecule has 2 atom stereocenters. The maximum atomic E-state index is 11.8. The zero-order valence-electron chi connectivity index (χ0n) is 25.5. The quantitative estimate of drug-likeness (QED) is 0.0366. The van der Waals surface area contributed by atoms with Crippen molar-refractivity contribution in [3.8, 4) is 0 Å². The maximum absolute atomic E-state index is 11.8. The van der Waals surface area contributed by atoms with E-state index in [-0.39, 0.29) is 37.7 Å². The first-order valence-corrected chi connectivity index (χ1v) is 14.6. The van der Waals surface area contributed by atoms with Crippen LogP contribution in [0.15, 0.2) is 24.3 Å². The van der Waals surface area contributed by atoms with Gasteiger partial charge in [-0.2, -0.15) is 0 Å². The molecule has 2 rings (SSSR count). The Morgan fingerprint density at radius 2 is 1.67 bits per heavy atom. The third-order valence-electron chi connectivity index (χ3n) is 5.81. The number of imide groups is 1. The van der Waals surface area contributed by atoms with E-state index in [1.54, 1.807) is 0 Å². The number of ether oxygens (including phenoxy) is 1. The van der Waals surface area contributed by atoms with Crippen molar-refractivity contribution >= 4 is 51.5 Å². The highest BCUT2D eigenvalue weighted by molar-refractivity contribution is 7.16. The van der Waals surface area contributed by atoms with Crippen molar-refractivity contribution in [2.24, 2.45) is 5.73 Å². The van der Waals surface area contributed by atoms with Gasteiger partial charge in [0.05, 0.1) is 18.9 Å². The average Bonchev–Trinajstić information content (AvgIpc) is 3.28. The lowest BCUT2D eigenvalue weighted by atomic mass is 9.75. The molecule has 2 unspecified atom stereocenters. The summed E-state index contributed by atoms with van der Waals surface area (Å²) in [5.41, 5.74) is 5.31. The molecule has 0 aromatic carbocycles. The van der Waals surface area contributed by atoms with Gasteiger partial charge in [-0.15, -0.1) is 9.24 Å². The minimum Gasteiger partial charge on any atom is -0.372 e. The van der Waals surface area contributed by atoms with E-state index in [4.69, 9.17) is 9.53 Å². The van der Waals surface area contributed by atoms with Gasteiger partial charge in [0.1, 0.15) is 18.9 Å². The van der Waals surface area contributed by atoms with Crippen LogP contribution in [0.1, 0.15) is 39.5 Å². The van der Waals surface area contributed by atoms with Crippen molar-refractivity contribution in [3.05, 3.63) is 24.3 Å². The fraction of sp³-hybridized carbons (Fsp3) is 0.593. The summed E-state index contributed by atoms with van der Waals surface area (Å²) < 4.78 is 5.78. The summed E-state index contributed by atoms with van der Waals surface area (Å²) in [6, 6.07) is -0.806. The third kappa shape index (κ3) is 16.6. The highest BCUT2D eigenvalue weighted by Crippen LogP contribution is 2.40. The van der Waals surface area contributed by atoms with Crippen molar-refractivity contribution in [1.29, 1.82) is 0 Å². The first-order chi connectivity index (χ1) is 20.5. The summed E-state index contributed by atoms with van der Waals surface area (Å²) in [6.07, 6.45) is 6.59.